The largest absolute Gasteiger partial charge is 0.509 e. The van der Waals surface area contributed by atoms with Crippen molar-refractivity contribution in [3.05, 3.63) is 11.3 Å². The maximum atomic E-state index is 11.8. The minimum atomic E-state index is -1.40. The minimum absolute atomic E-state index is 0.650. The van der Waals surface area contributed by atoms with Gasteiger partial charge in [0.15, 0.2) is 5.57 Å². The van der Waals surface area contributed by atoms with E-state index in [2.05, 4.69) is 5.32 Å². The van der Waals surface area contributed by atoms with Crippen LogP contribution in [0, 0.1) is 0 Å². The number of cyclic esters (lactones) is 2. The van der Waals surface area contributed by atoms with Crippen LogP contribution in [0.3, 0.4) is 0 Å². The quantitative estimate of drug-likeness (QED) is 0.344. The molecule has 0 aromatic rings. The third-order valence-corrected chi connectivity index (χ3v) is 2.48. The van der Waals surface area contributed by atoms with Gasteiger partial charge in [-0.05, 0) is 27.7 Å². The zero-order chi connectivity index (χ0) is 17.3. The first-order chi connectivity index (χ1) is 9.82. The first-order valence-corrected chi connectivity index (χ1v) is 6.72. The smallest absolute Gasteiger partial charge is 0.408 e. The third kappa shape index (κ3) is 4.64. The Bertz CT molecular complexity index is 506. The van der Waals surface area contributed by atoms with E-state index in [1.54, 1.807) is 20.8 Å². The van der Waals surface area contributed by atoms with E-state index >= 15 is 0 Å². The lowest BCUT2D eigenvalue weighted by molar-refractivity contribution is -0.222. The number of esters is 2. The van der Waals surface area contributed by atoms with Gasteiger partial charge in [-0.1, -0.05) is 0 Å². The summed E-state index contributed by atoms with van der Waals surface area (Å²) >= 11 is 0. The van der Waals surface area contributed by atoms with Crippen molar-refractivity contribution in [3.63, 3.8) is 0 Å². The van der Waals surface area contributed by atoms with Crippen molar-refractivity contribution in [3.8, 4) is 0 Å². The standard InChI is InChI=1S/C14H21NO7/c1-7(15-12(19)22-13(2,3)4)9(16)8-10(17)20-14(5,6)21-11(8)18/h7,16H,1-6H3,(H,15,19)/t7-/m0/s1. The van der Waals surface area contributed by atoms with Gasteiger partial charge in [0.1, 0.15) is 11.4 Å². The lowest BCUT2D eigenvalue weighted by Crippen LogP contribution is -2.45. The van der Waals surface area contributed by atoms with E-state index in [-0.39, 0.29) is 0 Å². The van der Waals surface area contributed by atoms with Crippen molar-refractivity contribution >= 4 is 18.0 Å². The van der Waals surface area contributed by atoms with Gasteiger partial charge < -0.3 is 24.6 Å². The monoisotopic (exact) mass is 315 g/mol. The van der Waals surface area contributed by atoms with Gasteiger partial charge in [0.05, 0.1) is 6.04 Å². The summed E-state index contributed by atoms with van der Waals surface area (Å²) < 4.78 is 14.8. The number of alkyl carbamates (subject to hydrolysis) is 1. The lowest BCUT2D eigenvalue weighted by Gasteiger charge is -2.30. The number of rotatable bonds is 2. The van der Waals surface area contributed by atoms with Crippen molar-refractivity contribution in [2.24, 2.45) is 0 Å². The summed E-state index contributed by atoms with van der Waals surface area (Å²) in [5, 5.41) is 12.3. The number of hydrogen-bond acceptors (Lipinski definition) is 7. The van der Waals surface area contributed by atoms with Crippen molar-refractivity contribution in [1.29, 1.82) is 0 Å². The summed E-state index contributed by atoms with van der Waals surface area (Å²) in [6, 6.07) is -1.04. The van der Waals surface area contributed by atoms with Crippen molar-refractivity contribution in [2.75, 3.05) is 0 Å². The number of aliphatic hydroxyl groups is 1. The molecule has 0 saturated carbocycles. The van der Waals surface area contributed by atoms with Crippen LogP contribution in [0.5, 0.6) is 0 Å². The molecule has 0 aromatic heterocycles. The molecule has 1 fully saturated rings. The van der Waals surface area contributed by atoms with Crippen molar-refractivity contribution in [2.45, 2.75) is 59.0 Å². The van der Waals surface area contributed by atoms with Crippen LogP contribution in [0.1, 0.15) is 41.5 Å². The van der Waals surface area contributed by atoms with Gasteiger partial charge in [-0.15, -0.1) is 0 Å². The molecular weight excluding hydrogens is 294 g/mol. The normalized spacial score (nSPS) is 18.9. The maximum Gasteiger partial charge on any atom is 0.408 e. The Labute approximate surface area is 128 Å². The molecule has 8 nitrogen and oxygen atoms in total. The highest BCUT2D eigenvalue weighted by atomic mass is 16.7. The molecule has 1 amide bonds. The number of amides is 1. The predicted molar refractivity (Wildman–Crippen MR) is 74.7 cm³/mol. The van der Waals surface area contributed by atoms with Gasteiger partial charge >= 0.3 is 18.0 Å². The fourth-order valence-electron chi connectivity index (χ4n) is 1.63. The van der Waals surface area contributed by atoms with E-state index in [1.165, 1.54) is 20.8 Å². The number of hydrogen-bond donors (Lipinski definition) is 2. The molecule has 22 heavy (non-hydrogen) atoms. The Balaban J connectivity index is 2.89. The van der Waals surface area contributed by atoms with E-state index < -0.39 is 46.8 Å². The molecule has 0 radical (unpaired) electrons. The molecule has 1 heterocycles. The molecule has 0 spiro atoms. The fourth-order valence-corrected chi connectivity index (χ4v) is 1.63. The third-order valence-electron chi connectivity index (χ3n) is 2.48. The Morgan fingerprint density at radius 3 is 2.09 bits per heavy atom. The maximum absolute atomic E-state index is 11.8. The van der Waals surface area contributed by atoms with E-state index in [9.17, 15) is 19.5 Å². The van der Waals surface area contributed by atoms with E-state index in [0.29, 0.717) is 0 Å². The van der Waals surface area contributed by atoms with Crippen LogP contribution in [0.15, 0.2) is 11.3 Å². The Morgan fingerprint density at radius 1 is 1.23 bits per heavy atom. The molecule has 8 heteroatoms. The average molecular weight is 315 g/mol. The van der Waals surface area contributed by atoms with Gasteiger partial charge in [-0.2, -0.15) is 0 Å². The highest BCUT2D eigenvalue weighted by Gasteiger charge is 2.42. The zero-order valence-electron chi connectivity index (χ0n) is 13.5. The first-order valence-electron chi connectivity index (χ1n) is 6.72. The van der Waals surface area contributed by atoms with E-state index in [0.717, 1.165) is 0 Å². The van der Waals surface area contributed by atoms with Gasteiger partial charge in [0.25, 0.3) is 5.79 Å². The summed E-state index contributed by atoms with van der Waals surface area (Å²) in [6.45, 7) is 9.18. The molecule has 2 N–H and O–H groups in total. The van der Waals surface area contributed by atoms with Crippen LogP contribution >= 0.6 is 0 Å². The minimum Gasteiger partial charge on any atom is -0.509 e. The average Bonchev–Trinajstić information content (AvgIpc) is 2.22. The molecule has 0 aromatic carbocycles. The summed E-state index contributed by atoms with van der Waals surface area (Å²) in [4.78, 5) is 35.2. The Morgan fingerprint density at radius 2 is 1.68 bits per heavy atom. The number of aliphatic hydroxyl groups excluding tert-OH is 1. The Hall–Kier alpha value is -2.25. The SMILES string of the molecule is C[C@H](NC(=O)OC(C)(C)C)C(O)=C1C(=O)OC(C)(C)OC1=O. The molecule has 0 aliphatic carbocycles. The highest BCUT2D eigenvalue weighted by Crippen LogP contribution is 2.25. The second-order valence-electron chi connectivity index (χ2n) is 6.31. The molecule has 1 rings (SSSR count). The molecule has 1 saturated heterocycles. The van der Waals surface area contributed by atoms with Gasteiger partial charge in [-0.3, -0.25) is 0 Å². The second kappa shape index (κ2) is 5.86. The van der Waals surface area contributed by atoms with Gasteiger partial charge in [-0.25, -0.2) is 14.4 Å². The molecule has 0 unspecified atom stereocenters. The van der Waals surface area contributed by atoms with Crippen molar-refractivity contribution < 1.29 is 33.7 Å². The summed E-state index contributed by atoms with van der Waals surface area (Å²) in [7, 11) is 0. The summed E-state index contributed by atoms with van der Waals surface area (Å²) in [5.74, 6) is -4.09. The van der Waals surface area contributed by atoms with E-state index in [1.807, 2.05) is 0 Å². The fraction of sp³-hybridized carbons (Fsp3) is 0.643. The van der Waals surface area contributed by atoms with Gasteiger partial charge in [0, 0.05) is 13.8 Å². The Kier molecular flexibility index (Phi) is 4.74. The molecule has 1 atom stereocenters. The van der Waals surface area contributed by atoms with Gasteiger partial charge in [0.2, 0.25) is 0 Å². The van der Waals surface area contributed by atoms with Crippen LogP contribution in [-0.4, -0.2) is 40.6 Å². The van der Waals surface area contributed by atoms with Crippen molar-refractivity contribution in [1.82, 2.24) is 5.32 Å². The van der Waals surface area contributed by atoms with Crippen LogP contribution in [0.25, 0.3) is 0 Å². The number of nitrogens with one attached hydrogen (secondary N) is 1. The molecule has 1 aliphatic heterocycles. The van der Waals surface area contributed by atoms with Crippen LogP contribution in [0.4, 0.5) is 4.79 Å². The van der Waals surface area contributed by atoms with Crippen LogP contribution < -0.4 is 5.32 Å². The number of carbonyl (C=O) groups excluding carboxylic acids is 3. The zero-order valence-corrected chi connectivity index (χ0v) is 13.5. The summed E-state index contributed by atoms with van der Waals surface area (Å²) in [5.41, 5.74) is -1.37. The topological polar surface area (TPSA) is 111 Å². The molecular formula is C14H21NO7. The highest BCUT2D eigenvalue weighted by molar-refractivity contribution is 6.15. The van der Waals surface area contributed by atoms with E-state index in [4.69, 9.17) is 14.2 Å². The summed E-state index contributed by atoms with van der Waals surface area (Å²) in [6.07, 6.45) is -0.801. The molecule has 124 valence electrons. The van der Waals surface area contributed by atoms with Crippen LogP contribution in [-0.2, 0) is 23.8 Å². The first kappa shape index (κ1) is 17.8. The lowest BCUT2D eigenvalue weighted by atomic mass is 10.1. The number of carbonyl (C=O) groups is 3. The molecule has 1 aliphatic rings. The molecule has 0 bridgehead atoms. The van der Waals surface area contributed by atoms with Crippen LogP contribution in [0.2, 0.25) is 0 Å². The number of ether oxygens (including phenoxy) is 3. The predicted octanol–water partition coefficient (Wildman–Crippen LogP) is 1.55. The second-order valence-corrected chi connectivity index (χ2v) is 6.31.